The molecular weight excluding hydrogens is 414 g/mol. The molecule has 28 heavy (non-hydrogen) atoms. The van der Waals surface area contributed by atoms with Gasteiger partial charge in [-0.3, -0.25) is 4.79 Å². The van der Waals surface area contributed by atoms with E-state index in [1.165, 1.54) is 0 Å². The highest BCUT2D eigenvalue weighted by Gasteiger charge is 2.21. The summed E-state index contributed by atoms with van der Waals surface area (Å²) >= 11 is 3.52. The van der Waals surface area contributed by atoms with Crippen LogP contribution in [-0.2, 0) is 10.2 Å². The van der Waals surface area contributed by atoms with Crippen molar-refractivity contribution in [1.82, 2.24) is 0 Å². The molecule has 152 valence electrons. The molecule has 2 aromatic carbocycles. The van der Waals surface area contributed by atoms with Crippen molar-refractivity contribution >= 4 is 27.5 Å². The van der Waals surface area contributed by atoms with Gasteiger partial charge < -0.3 is 10.1 Å². The van der Waals surface area contributed by atoms with Crippen LogP contribution in [0.5, 0.6) is 5.75 Å². The Bertz CT molecular complexity index is 809. The monoisotopic (exact) mass is 445 g/mol. The van der Waals surface area contributed by atoms with Crippen molar-refractivity contribution in [3.8, 4) is 5.75 Å². The van der Waals surface area contributed by atoms with E-state index < -0.39 is 0 Å². The van der Waals surface area contributed by atoms with Crippen LogP contribution < -0.4 is 10.1 Å². The number of hydrogen-bond donors (Lipinski definition) is 1. The Kier molecular flexibility index (Phi) is 7.33. The van der Waals surface area contributed by atoms with E-state index >= 15 is 0 Å². The first-order valence-electron chi connectivity index (χ1n) is 9.86. The molecule has 4 heteroatoms. The molecule has 1 amide bonds. The third kappa shape index (κ3) is 5.60. The minimum absolute atomic E-state index is 0.0192. The maximum absolute atomic E-state index is 12.7. The number of ether oxygens (including phenoxy) is 1. The van der Waals surface area contributed by atoms with Crippen LogP contribution >= 0.6 is 15.9 Å². The van der Waals surface area contributed by atoms with E-state index in [4.69, 9.17) is 4.74 Å². The van der Waals surface area contributed by atoms with E-state index in [0.29, 0.717) is 11.8 Å². The van der Waals surface area contributed by atoms with Crippen molar-refractivity contribution in [2.45, 2.75) is 65.7 Å². The maximum atomic E-state index is 12.7. The number of para-hydroxylation sites is 1. The molecule has 0 aliphatic heterocycles. The van der Waals surface area contributed by atoms with Crippen molar-refractivity contribution in [3.63, 3.8) is 0 Å². The van der Waals surface area contributed by atoms with Gasteiger partial charge in [-0.25, -0.2) is 0 Å². The number of benzene rings is 2. The van der Waals surface area contributed by atoms with Gasteiger partial charge in [-0.15, -0.1) is 0 Å². The normalized spacial score (nSPS) is 11.8. The number of amides is 1. The summed E-state index contributed by atoms with van der Waals surface area (Å²) in [7, 11) is 0. The van der Waals surface area contributed by atoms with E-state index in [1.54, 1.807) is 0 Å². The van der Waals surface area contributed by atoms with Crippen LogP contribution in [0.4, 0.5) is 5.69 Å². The molecule has 0 atom stereocenters. The summed E-state index contributed by atoms with van der Waals surface area (Å²) in [4.78, 5) is 12.7. The van der Waals surface area contributed by atoms with Gasteiger partial charge in [-0.05, 0) is 46.6 Å². The van der Waals surface area contributed by atoms with E-state index in [1.807, 2.05) is 12.1 Å². The SMILES string of the molecule is CC(C)c1cccc(C(C)C)c1NC(=O)COc1ccc(Br)cc1C(C)(C)C. The Hall–Kier alpha value is -1.81. The van der Waals surface area contributed by atoms with E-state index in [2.05, 4.69) is 94.0 Å². The fourth-order valence-electron chi connectivity index (χ4n) is 3.23. The van der Waals surface area contributed by atoms with Gasteiger partial charge in [0.15, 0.2) is 6.61 Å². The fraction of sp³-hybridized carbons (Fsp3) is 0.458. The van der Waals surface area contributed by atoms with Crippen LogP contribution in [0.3, 0.4) is 0 Å². The number of rotatable bonds is 6. The molecule has 0 aliphatic carbocycles. The molecule has 0 fully saturated rings. The highest BCUT2D eigenvalue weighted by molar-refractivity contribution is 9.10. The summed E-state index contributed by atoms with van der Waals surface area (Å²) in [5, 5.41) is 3.11. The number of hydrogen-bond acceptors (Lipinski definition) is 2. The predicted octanol–water partition coefficient (Wildman–Crippen LogP) is 7.01. The van der Waals surface area contributed by atoms with Gasteiger partial charge >= 0.3 is 0 Å². The largest absolute Gasteiger partial charge is 0.483 e. The molecule has 0 bridgehead atoms. The summed E-state index contributed by atoms with van der Waals surface area (Å²) in [6.07, 6.45) is 0. The van der Waals surface area contributed by atoms with Crippen LogP contribution in [0.25, 0.3) is 0 Å². The number of anilines is 1. The lowest BCUT2D eigenvalue weighted by Gasteiger charge is -2.23. The zero-order valence-electron chi connectivity index (χ0n) is 18.0. The number of carbonyl (C=O) groups excluding carboxylic acids is 1. The van der Waals surface area contributed by atoms with Gasteiger partial charge in [0, 0.05) is 15.7 Å². The fourth-order valence-corrected chi connectivity index (χ4v) is 3.59. The molecule has 3 nitrogen and oxygen atoms in total. The first-order chi connectivity index (χ1) is 13.0. The third-order valence-corrected chi connectivity index (χ3v) is 5.24. The second-order valence-electron chi connectivity index (χ2n) is 8.85. The van der Waals surface area contributed by atoms with Gasteiger partial charge in [0.2, 0.25) is 0 Å². The Morgan fingerprint density at radius 2 is 1.61 bits per heavy atom. The van der Waals surface area contributed by atoms with Crippen LogP contribution in [-0.4, -0.2) is 12.5 Å². The van der Waals surface area contributed by atoms with Gasteiger partial charge in [-0.1, -0.05) is 82.6 Å². The van der Waals surface area contributed by atoms with E-state index in [-0.39, 0.29) is 17.9 Å². The molecule has 1 N–H and O–H groups in total. The van der Waals surface area contributed by atoms with Crippen LogP contribution in [0.1, 0.15) is 77.0 Å². The molecule has 0 heterocycles. The zero-order valence-corrected chi connectivity index (χ0v) is 19.6. The first-order valence-corrected chi connectivity index (χ1v) is 10.7. The van der Waals surface area contributed by atoms with Gasteiger partial charge in [-0.2, -0.15) is 0 Å². The summed E-state index contributed by atoms with van der Waals surface area (Å²) in [5.74, 6) is 1.26. The molecule has 0 saturated carbocycles. The molecule has 2 rings (SSSR count). The molecule has 0 aromatic heterocycles. The summed E-state index contributed by atoms with van der Waals surface area (Å²) in [6, 6.07) is 12.1. The average molecular weight is 446 g/mol. The topological polar surface area (TPSA) is 38.3 Å². The Morgan fingerprint density at radius 3 is 2.11 bits per heavy atom. The van der Waals surface area contributed by atoms with Crippen molar-refractivity contribution in [3.05, 3.63) is 57.6 Å². The Balaban J connectivity index is 2.21. The second kappa shape index (κ2) is 9.13. The maximum Gasteiger partial charge on any atom is 0.262 e. The lowest BCUT2D eigenvalue weighted by Crippen LogP contribution is -2.23. The predicted molar refractivity (Wildman–Crippen MR) is 122 cm³/mol. The Morgan fingerprint density at radius 1 is 1.04 bits per heavy atom. The lowest BCUT2D eigenvalue weighted by molar-refractivity contribution is -0.118. The molecule has 2 aromatic rings. The Labute approximate surface area is 178 Å². The quantitative estimate of drug-likeness (QED) is 0.518. The van der Waals surface area contributed by atoms with E-state index in [9.17, 15) is 4.79 Å². The van der Waals surface area contributed by atoms with Gasteiger partial charge in [0.25, 0.3) is 5.91 Å². The highest BCUT2D eigenvalue weighted by Crippen LogP contribution is 2.34. The minimum Gasteiger partial charge on any atom is -0.483 e. The summed E-state index contributed by atoms with van der Waals surface area (Å²) in [5.41, 5.74) is 4.22. The molecule has 0 aliphatic rings. The second-order valence-corrected chi connectivity index (χ2v) is 9.76. The molecular formula is C24H32BrNO2. The average Bonchev–Trinajstić information content (AvgIpc) is 2.59. The third-order valence-electron chi connectivity index (χ3n) is 4.75. The smallest absolute Gasteiger partial charge is 0.262 e. The number of halogens is 1. The van der Waals surface area contributed by atoms with Crippen LogP contribution in [0, 0.1) is 0 Å². The summed E-state index contributed by atoms with van der Waals surface area (Å²) in [6.45, 7) is 15.0. The van der Waals surface area contributed by atoms with Crippen molar-refractivity contribution < 1.29 is 9.53 Å². The number of nitrogens with one attached hydrogen (secondary N) is 1. The minimum atomic E-state index is -0.141. The standard InChI is InChI=1S/C24H32BrNO2/c1-15(2)18-9-8-10-19(16(3)4)23(18)26-22(27)14-28-21-12-11-17(25)13-20(21)24(5,6)7/h8-13,15-16H,14H2,1-7H3,(H,26,27). The van der Waals surface area contributed by atoms with Gasteiger partial charge in [0.1, 0.15) is 5.75 Å². The lowest BCUT2D eigenvalue weighted by atomic mass is 9.86. The first kappa shape index (κ1) is 22.5. The summed E-state index contributed by atoms with van der Waals surface area (Å²) < 4.78 is 6.92. The van der Waals surface area contributed by atoms with Crippen LogP contribution in [0.2, 0.25) is 0 Å². The highest BCUT2D eigenvalue weighted by atomic mass is 79.9. The molecule has 0 radical (unpaired) electrons. The van der Waals surface area contributed by atoms with Crippen molar-refractivity contribution in [2.75, 3.05) is 11.9 Å². The van der Waals surface area contributed by atoms with E-state index in [0.717, 1.165) is 32.6 Å². The van der Waals surface area contributed by atoms with Crippen molar-refractivity contribution in [1.29, 1.82) is 0 Å². The zero-order chi connectivity index (χ0) is 21.1. The molecule has 0 unspecified atom stereocenters. The van der Waals surface area contributed by atoms with Gasteiger partial charge in [0.05, 0.1) is 0 Å². The number of carbonyl (C=O) groups is 1. The molecule has 0 saturated heterocycles. The molecule has 0 spiro atoms. The van der Waals surface area contributed by atoms with Crippen LogP contribution in [0.15, 0.2) is 40.9 Å². The van der Waals surface area contributed by atoms with Crippen molar-refractivity contribution in [2.24, 2.45) is 0 Å².